The van der Waals surface area contributed by atoms with Crippen LogP contribution in [0.5, 0.6) is 0 Å². The molecule has 168 valence electrons. The van der Waals surface area contributed by atoms with Gasteiger partial charge in [-0.15, -0.1) is 0 Å². The van der Waals surface area contributed by atoms with Crippen molar-refractivity contribution < 1.29 is 4.79 Å². The predicted octanol–water partition coefficient (Wildman–Crippen LogP) is 3.45. The number of anilines is 1. The first-order valence-corrected chi connectivity index (χ1v) is 11.3. The van der Waals surface area contributed by atoms with E-state index in [1.54, 1.807) is 24.0 Å². The molecule has 1 aliphatic heterocycles. The average Bonchev–Trinajstić information content (AvgIpc) is 3.31. The zero-order valence-corrected chi connectivity index (χ0v) is 18.6. The quantitative estimate of drug-likeness (QED) is 0.492. The third kappa shape index (κ3) is 3.93. The Hall–Kier alpha value is -3.78. The van der Waals surface area contributed by atoms with Crippen molar-refractivity contribution >= 4 is 17.2 Å². The van der Waals surface area contributed by atoms with Crippen LogP contribution >= 0.6 is 0 Å². The van der Waals surface area contributed by atoms with Crippen LogP contribution < -0.4 is 11.1 Å². The lowest BCUT2D eigenvalue weighted by Gasteiger charge is -2.35. The number of nitrogens with two attached hydrogens (primary N) is 1. The van der Waals surface area contributed by atoms with Crippen molar-refractivity contribution in [1.82, 2.24) is 24.5 Å². The summed E-state index contributed by atoms with van der Waals surface area (Å²) in [5, 5.41) is 7.56. The summed E-state index contributed by atoms with van der Waals surface area (Å²) in [7, 11) is 1.80. The monoisotopic (exact) mass is 441 g/mol. The van der Waals surface area contributed by atoms with Crippen LogP contribution in [-0.4, -0.2) is 56.6 Å². The van der Waals surface area contributed by atoms with Crippen molar-refractivity contribution in [2.75, 3.05) is 25.5 Å². The first-order chi connectivity index (χ1) is 16.2. The molecule has 0 saturated carbocycles. The number of amides is 1. The van der Waals surface area contributed by atoms with Gasteiger partial charge in [0.25, 0.3) is 5.91 Å². The Morgan fingerprint density at radius 1 is 1.15 bits per heavy atom. The zero-order valence-electron chi connectivity index (χ0n) is 18.6. The molecule has 0 spiro atoms. The lowest BCUT2D eigenvalue weighted by Crippen LogP contribution is -2.47. The van der Waals surface area contributed by atoms with E-state index in [9.17, 15) is 4.79 Å². The topological polar surface area (TPSA) is 101 Å². The first-order valence-electron chi connectivity index (χ1n) is 11.3. The van der Waals surface area contributed by atoms with Gasteiger partial charge in [0, 0.05) is 37.9 Å². The number of carbonyl (C=O) groups excluding carboxylic acids is 1. The van der Waals surface area contributed by atoms with Gasteiger partial charge in [0.05, 0.1) is 40.6 Å². The largest absolute Gasteiger partial charge is 0.386 e. The number of aromatic nitrogens is 4. The molecular weight excluding hydrogens is 414 g/mol. The number of carbonyl (C=O) groups is 1. The Morgan fingerprint density at radius 3 is 2.79 bits per heavy atom. The normalized spacial score (nSPS) is 16.2. The predicted molar refractivity (Wildman–Crippen MR) is 129 cm³/mol. The van der Waals surface area contributed by atoms with E-state index in [0.717, 1.165) is 42.6 Å². The number of nitrogens with zero attached hydrogens (tertiary/aromatic N) is 5. The van der Waals surface area contributed by atoms with Crippen molar-refractivity contribution in [2.45, 2.75) is 25.3 Å². The smallest absolute Gasteiger partial charge is 0.256 e. The molecule has 8 heteroatoms. The van der Waals surface area contributed by atoms with Crippen molar-refractivity contribution in [1.29, 1.82) is 0 Å². The van der Waals surface area contributed by atoms with Crippen LogP contribution in [0.3, 0.4) is 0 Å². The Labute approximate surface area is 192 Å². The number of fused-ring (bicyclic) bond motifs is 1. The summed E-state index contributed by atoms with van der Waals surface area (Å²) in [5.74, 6) is -0.0208. The molecule has 1 amide bonds. The van der Waals surface area contributed by atoms with Crippen LogP contribution in [0.4, 0.5) is 5.69 Å². The highest BCUT2D eigenvalue weighted by Gasteiger charge is 2.28. The molecule has 1 aliphatic rings. The Balaban J connectivity index is 1.57. The molecule has 3 N–H and O–H groups in total. The summed E-state index contributed by atoms with van der Waals surface area (Å²) < 4.78 is 1.73. The minimum absolute atomic E-state index is 0.0208. The SMILES string of the molecule is CNc1cnc(-c2cnn3ccc(-c4ccccc4)nc23)cc1C(=O)N1CCCC[C@@H]1CN. The summed E-state index contributed by atoms with van der Waals surface area (Å²) in [6, 6.07) is 13.9. The van der Waals surface area contributed by atoms with Crippen LogP contribution in [0.1, 0.15) is 29.6 Å². The van der Waals surface area contributed by atoms with E-state index in [0.29, 0.717) is 29.1 Å². The summed E-state index contributed by atoms with van der Waals surface area (Å²) in [5.41, 5.74) is 11.3. The molecule has 1 fully saturated rings. The van der Waals surface area contributed by atoms with Crippen LogP contribution in [0.2, 0.25) is 0 Å². The lowest BCUT2D eigenvalue weighted by atomic mass is 10.00. The minimum atomic E-state index is -0.0208. The molecule has 4 heterocycles. The van der Waals surface area contributed by atoms with Crippen LogP contribution in [0, 0.1) is 0 Å². The van der Waals surface area contributed by atoms with Gasteiger partial charge in [-0.1, -0.05) is 30.3 Å². The van der Waals surface area contributed by atoms with Crippen molar-refractivity contribution in [3.8, 4) is 22.5 Å². The second-order valence-electron chi connectivity index (χ2n) is 8.25. The van der Waals surface area contributed by atoms with E-state index in [-0.39, 0.29) is 11.9 Å². The number of hydrogen-bond donors (Lipinski definition) is 2. The fraction of sp³-hybridized carbons (Fsp3) is 0.280. The maximum Gasteiger partial charge on any atom is 0.256 e. The molecule has 33 heavy (non-hydrogen) atoms. The number of likely N-dealkylation sites (tertiary alicyclic amines) is 1. The van der Waals surface area contributed by atoms with Gasteiger partial charge in [0.15, 0.2) is 5.65 Å². The van der Waals surface area contributed by atoms with Gasteiger partial charge >= 0.3 is 0 Å². The third-order valence-electron chi connectivity index (χ3n) is 6.28. The van der Waals surface area contributed by atoms with Gasteiger partial charge in [-0.3, -0.25) is 9.78 Å². The van der Waals surface area contributed by atoms with E-state index in [4.69, 9.17) is 10.7 Å². The van der Waals surface area contributed by atoms with Gasteiger partial charge in [-0.2, -0.15) is 5.10 Å². The van der Waals surface area contributed by atoms with E-state index < -0.39 is 0 Å². The molecule has 0 aliphatic carbocycles. The average molecular weight is 442 g/mol. The van der Waals surface area contributed by atoms with Gasteiger partial charge in [0.1, 0.15) is 0 Å². The van der Waals surface area contributed by atoms with Gasteiger partial charge in [-0.05, 0) is 31.4 Å². The molecule has 4 aromatic rings. The molecular formula is C25H27N7O. The lowest BCUT2D eigenvalue weighted by molar-refractivity contribution is 0.0624. The van der Waals surface area contributed by atoms with E-state index in [1.807, 2.05) is 53.6 Å². The Bertz CT molecular complexity index is 1280. The highest BCUT2D eigenvalue weighted by molar-refractivity contribution is 6.01. The van der Waals surface area contributed by atoms with Gasteiger partial charge < -0.3 is 16.0 Å². The van der Waals surface area contributed by atoms with Gasteiger partial charge in [0.2, 0.25) is 0 Å². The Morgan fingerprint density at radius 2 is 2.00 bits per heavy atom. The number of benzene rings is 1. The molecule has 3 aromatic heterocycles. The van der Waals surface area contributed by atoms with E-state index in [1.165, 1.54) is 0 Å². The number of nitrogens with one attached hydrogen (secondary N) is 1. The molecule has 1 atom stereocenters. The number of rotatable bonds is 5. The summed E-state index contributed by atoms with van der Waals surface area (Å²) in [6.07, 6.45) is 8.38. The highest BCUT2D eigenvalue weighted by atomic mass is 16.2. The fourth-order valence-corrected chi connectivity index (χ4v) is 4.47. The van der Waals surface area contributed by atoms with Crippen molar-refractivity contribution in [2.24, 2.45) is 5.73 Å². The number of piperidine rings is 1. The summed E-state index contributed by atoms with van der Waals surface area (Å²) in [4.78, 5) is 24.9. The molecule has 0 radical (unpaired) electrons. The fourth-order valence-electron chi connectivity index (χ4n) is 4.47. The molecule has 1 aromatic carbocycles. The van der Waals surface area contributed by atoms with Crippen LogP contribution in [0.25, 0.3) is 28.2 Å². The molecule has 0 unspecified atom stereocenters. The first kappa shape index (κ1) is 21.1. The maximum atomic E-state index is 13.5. The van der Waals surface area contributed by atoms with Gasteiger partial charge in [-0.25, -0.2) is 9.50 Å². The molecule has 5 rings (SSSR count). The number of hydrogen-bond acceptors (Lipinski definition) is 6. The van der Waals surface area contributed by atoms with Crippen LogP contribution in [0.15, 0.2) is 61.1 Å². The molecule has 0 bridgehead atoms. The zero-order chi connectivity index (χ0) is 22.8. The van der Waals surface area contributed by atoms with Crippen LogP contribution in [-0.2, 0) is 0 Å². The Kier molecular flexibility index (Phi) is 5.75. The number of pyridine rings is 1. The highest BCUT2D eigenvalue weighted by Crippen LogP contribution is 2.29. The standard InChI is InChI=1S/C25H27N7O/c1-27-23-16-28-22(13-19(23)25(33)31-11-6-5-9-18(31)14-26)20-15-29-32-12-10-21(30-24(20)32)17-7-3-2-4-8-17/h2-4,7-8,10,12-13,15-16,18,27H,5-6,9,11,14,26H2,1H3/t18-/m1/s1. The van der Waals surface area contributed by atoms with E-state index >= 15 is 0 Å². The summed E-state index contributed by atoms with van der Waals surface area (Å²) in [6.45, 7) is 1.19. The maximum absolute atomic E-state index is 13.5. The molecule has 1 saturated heterocycles. The molecule has 8 nitrogen and oxygen atoms in total. The third-order valence-corrected chi connectivity index (χ3v) is 6.28. The second kappa shape index (κ2) is 8.99. The van der Waals surface area contributed by atoms with Crippen molar-refractivity contribution in [3.63, 3.8) is 0 Å². The minimum Gasteiger partial charge on any atom is -0.386 e. The van der Waals surface area contributed by atoms with E-state index in [2.05, 4.69) is 15.4 Å². The van der Waals surface area contributed by atoms with Crippen molar-refractivity contribution in [3.05, 3.63) is 66.6 Å². The summed E-state index contributed by atoms with van der Waals surface area (Å²) >= 11 is 0. The second-order valence-corrected chi connectivity index (χ2v) is 8.25.